The zero-order valence-corrected chi connectivity index (χ0v) is 16.9. The van der Waals surface area contributed by atoms with E-state index in [4.69, 9.17) is 0 Å². The van der Waals surface area contributed by atoms with Gasteiger partial charge in [0.15, 0.2) is 0 Å². The molecule has 2 N–H and O–H groups in total. The number of halogens is 4. The minimum Gasteiger partial charge on any atom is -0.510 e. The van der Waals surface area contributed by atoms with Crippen molar-refractivity contribution in [2.24, 2.45) is 0 Å². The van der Waals surface area contributed by atoms with Gasteiger partial charge in [0, 0.05) is 12.6 Å². The van der Waals surface area contributed by atoms with E-state index < -0.39 is 52.6 Å². The molecule has 170 valence electrons. The fourth-order valence-corrected chi connectivity index (χ4v) is 4.03. The molecule has 1 fully saturated rings. The van der Waals surface area contributed by atoms with Crippen molar-refractivity contribution in [3.05, 3.63) is 64.6 Å². The lowest BCUT2D eigenvalue weighted by Crippen LogP contribution is -2.55. The molecule has 1 atom stereocenters. The van der Waals surface area contributed by atoms with Gasteiger partial charge in [-0.15, -0.1) is 0 Å². The quantitative estimate of drug-likeness (QED) is 0.542. The average Bonchev–Trinajstić information content (AvgIpc) is 3.32. The summed E-state index contributed by atoms with van der Waals surface area (Å²) in [6, 6.07) is 5.86. The van der Waals surface area contributed by atoms with Gasteiger partial charge >= 0.3 is 6.18 Å². The lowest BCUT2D eigenvalue weighted by molar-refractivity contribution is -0.152. The van der Waals surface area contributed by atoms with Crippen molar-refractivity contribution in [1.82, 2.24) is 10.0 Å². The molecule has 0 spiro atoms. The normalized spacial score (nSPS) is 19.5. The number of hydrogen-bond acceptors (Lipinski definition) is 5. The van der Waals surface area contributed by atoms with Gasteiger partial charge in [-0.1, -0.05) is 12.1 Å². The highest BCUT2D eigenvalue weighted by molar-refractivity contribution is 6.23. The number of anilines is 1. The number of fused-ring (bicyclic) bond motifs is 1. The Kier molecular flexibility index (Phi) is 5.45. The molecule has 11 heteroatoms. The van der Waals surface area contributed by atoms with E-state index >= 15 is 0 Å². The van der Waals surface area contributed by atoms with E-state index in [2.05, 4.69) is 4.42 Å². The Labute approximate surface area is 179 Å². The SMILES string of the molecule is Cc1cc(NC(=O)C2=C(O)C3CCCN3N(Cc3cccc(F)c3)C2=O)c(C(F)(F)F)o1. The van der Waals surface area contributed by atoms with Crippen LogP contribution in [0, 0.1) is 12.7 Å². The Bertz CT molecular complexity index is 1110. The number of hydrogen-bond donors (Lipinski definition) is 2. The summed E-state index contributed by atoms with van der Waals surface area (Å²) in [5, 5.41) is 15.5. The average molecular weight is 453 g/mol. The molecule has 2 aliphatic rings. The van der Waals surface area contributed by atoms with Crippen molar-refractivity contribution in [3.8, 4) is 0 Å². The van der Waals surface area contributed by atoms with Crippen LogP contribution in [-0.4, -0.2) is 39.5 Å². The minimum atomic E-state index is -4.87. The van der Waals surface area contributed by atoms with Crippen LogP contribution in [0.4, 0.5) is 23.2 Å². The van der Waals surface area contributed by atoms with Crippen LogP contribution in [0.5, 0.6) is 0 Å². The smallest absolute Gasteiger partial charge is 0.451 e. The summed E-state index contributed by atoms with van der Waals surface area (Å²) in [6.07, 6.45) is -3.81. The maximum atomic E-state index is 13.6. The summed E-state index contributed by atoms with van der Waals surface area (Å²) in [5.74, 6) is -4.59. The summed E-state index contributed by atoms with van der Waals surface area (Å²) in [4.78, 5) is 26.0. The zero-order valence-electron chi connectivity index (χ0n) is 16.9. The number of amides is 2. The molecule has 2 aromatic rings. The fourth-order valence-electron chi connectivity index (χ4n) is 4.03. The molecule has 0 saturated carbocycles. The molecule has 0 radical (unpaired) electrons. The number of carbonyl (C=O) groups is 2. The van der Waals surface area contributed by atoms with E-state index in [9.17, 15) is 32.3 Å². The monoisotopic (exact) mass is 453 g/mol. The van der Waals surface area contributed by atoms with Crippen LogP contribution in [0.15, 0.2) is 46.1 Å². The van der Waals surface area contributed by atoms with E-state index in [0.717, 1.165) is 6.07 Å². The highest BCUT2D eigenvalue weighted by Crippen LogP contribution is 2.38. The lowest BCUT2D eigenvalue weighted by atomic mass is 10.0. The molecule has 4 rings (SSSR count). The molecule has 1 saturated heterocycles. The number of aryl methyl sites for hydroxylation is 1. The number of aliphatic hydroxyl groups excluding tert-OH is 1. The second-order valence-electron chi connectivity index (χ2n) is 7.63. The van der Waals surface area contributed by atoms with Crippen LogP contribution >= 0.6 is 0 Å². The number of hydrazine groups is 1. The van der Waals surface area contributed by atoms with Gasteiger partial charge in [-0.3, -0.25) is 14.6 Å². The van der Waals surface area contributed by atoms with Gasteiger partial charge < -0.3 is 14.8 Å². The Morgan fingerprint density at radius 2 is 2.06 bits per heavy atom. The number of benzene rings is 1. The van der Waals surface area contributed by atoms with Gasteiger partial charge in [0.2, 0.25) is 5.76 Å². The summed E-state index contributed by atoms with van der Waals surface area (Å²) in [5.41, 5.74) is -0.856. The Balaban J connectivity index is 1.66. The first-order valence-corrected chi connectivity index (χ1v) is 9.81. The van der Waals surface area contributed by atoms with E-state index in [0.29, 0.717) is 24.9 Å². The summed E-state index contributed by atoms with van der Waals surface area (Å²) in [7, 11) is 0. The topological polar surface area (TPSA) is 86.0 Å². The molecular formula is C21H19F4N3O4. The Morgan fingerprint density at radius 1 is 1.31 bits per heavy atom. The summed E-state index contributed by atoms with van der Waals surface area (Å²) in [6.45, 7) is 1.63. The number of aliphatic hydroxyl groups is 1. The third kappa shape index (κ3) is 3.95. The molecule has 2 amide bonds. The molecule has 32 heavy (non-hydrogen) atoms. The number of furan rings is 1. The van der Waals surface area contributed by atoms with Crippen LogP contribution in [0.25, 0.3) is 0 Å². The number of alkyl halides is 3. The molecule has 0 aliphatic carbocycles. The molecular weight excluding hydrogens is 434 g/mol. The van der Waals surface area contributed by atoms with Crippen molar-refractivity contribution in [2.75, 3.05) is 11.9 Å². The van der Waals surface area contributed by atoms with E-state index in [1.54, 1.807) is 11.1 Å². The minimum absolute atomic E-state index is 0.0736. The third-order valence-electron chi connectivity index (χ3n) is 5.36. The van der Waals surface area contributed by atoms with Crippen molar-refractivity contribution >= 4 is 17.5 Å². The van der Waals surface area contributed by atoms with Crippen molar-refractivity contribution in [3.63, 3.8) is 0 Å². The van der Waals surface area contributed by atoms with Gasteiger partial charge in [0.1, 0.15) is 22.9 Å². The van der Waals surface area contributed by atoms with E-state index in [-0.39, 0.29) is 12.3 Å². The fraction of sp³-hybridized carbons (Fsp3) is 0.333. The molecule has 0 bridgehead atoms. The van der Waals surface area contributed by atoms with E-state index in [1.807, 2.05) is 5.32 Å². The molecule has 2 aliphatic heterocycles. The highest BCUT2D eigenvalue weighted by Gasteiger charge is 2.46. The third-order valence-corrected chi connectivity index (χ3v) is 5.36. The number of carbonyl (C=O) groups excluding carboxylic acids is 2. The first-order chi connectivity index (χ1) is 15.1. The molecule has 1 aromatic heterocycles. The zero-order chi connectivity index (χ0) is 23.2. The summed E-state index contributed by atoms with van der Waals surface area (Å²) >= 11 is 0. The van der Waals surface area contributed by atoms with Gasteiger partial charge in [0.05, 0.1) is 18.3 Å². The molecule has 1 unspecified atom stereocenters. The number of rotatable bonds is 4. The van der Waals surface area contributed by atoms with Gasteiger partial charge in [0.25, 0.3) is 11.8 Å². The standard InChI is InChI=1S/C21H19F4N3O4/c1-11-8-14(18(32-11)21(23,24)25)26-19(30)16-17(29)15-6-3-7-27(15)28(20(16)31)10-12-4-2-5-13(22)9-12/h2,4-5,8-9,15,29H,3,6-7,10H2,1H3,(H,26,30). The van der Waals surface area contributed by atoms with Crippen molar-refractivity contribution in [1.29, 1.82) is 0 Å². The Hall–Kier alpha value is -3.34. The van der Waals surface area contributed by atoms with Crippen LogP contribution in [0.1, 0.15) is 29.9 Å². The number of nitrogens with one attached hydrogen (secondary N) is 1. The number of nitrogens with zero attached hydrogens (tertiary/aromatic N) is 2. The predicted molar refractivity (Wildman–Crippen MR) is 103 cm³/mol. The predicted octanol–water partition coefficient (Wildman–Crippen LogP) is 3.92. The molecule has 7 nitrogen and oxygen atoms in total. The maximum absolute atomic E-state index is 13.6. The summed E-state index contributed by atoms with van der Waals surface area (Å²) < 4.78 is 57.9. The largest absolute Gasteiger partial charge is 0.510 e. The van der Waals surface area contributed by atoms with Gasteiger partial charge in [-0.05, 0) is 37.5 Å². The van der Waals surface area contributed by atoms with Crippen molar-refractivity contribution < 1.29 is 36.7 Å². The van der Waals surface area contributed by atoms with Crippen LogP contribution in [0.3, 0.4) is 0 Å². The van der Waals surface area contributed by atoms with Crippen LogP contribution < -0.4 is 5.32 Å². The second kappa shape index (κ2) is 7.97. The molecule has 1 aromatic carbocycles. The van der Waals surface area contributed by atoms with Gasteiger partial charge in [-0.25, -0.2) is 9.40 Å². The molecule has 3 heterocycles. The first-order valence-electron chi connectivity index (χ1n) is 9.81. The van der Waals surface area contributed by atoms with Crippen molar-refractivity contribution in [2.45, 2.75) is 38.5 Å². The first kappa shape index (κ1) is 21.9. The highest BCUT2D eigenvalue weighted by atomic mass is 19.4. The second-order valence-corrected chi connectivity index (χ2v) is 7.63. The van der Waals surface area contributed by atoms with Gasteiger partial charge in [-0.2, -0.15) is 13.2 Å². The Morgan fingerprint density at radius 3 is 2.75 bits per heavy atom. The van der Waals surface area contributed by atoms with E-state index in [1.165, 1.54) is 30.1 Å². The van der Waals surface area contributed by atoms with Crippen LogP contribution in [-0.2, 0) is 22.3 Å². The maximum Gasteiger partial charge on any atom is 0.451 e. The lowest BCUT2D eigenvalue weighted by Gasteiger charge is -2.40. The van der Waals surface area contributed by atoms with Crippen LogP contribution in [0.2, 0.25) is 0 Å².